The van der Waals surface area contributed by atoms with Crippen LogP contribution in [0.25, 0.3) is 0 Å². The average Bonchev–Trinajstić information content (AvgIpc) is 2.09. The Bertz CT molecular complexity index is 224. The molecule has 0 aliphatic heterocycles. The van der Waals surface area contributed by atoms with Crippen molar-refractivity contribution in [1.29, 1.82) is 0 Å². The van der Waals surface area contributed by atoms with E-state index in [1.807, 2.05) is 13.8 Å². The van der Waals surface area contributed by atoms with Gasteiger partial charge in [0.05, 0.1) is 5.60 Å². The normalized spacial score (nSPS) is 40.6. The van der Waals surface area contributed by atoms with Crippen molar-refractivity contribution >= 4 is 0 Å². The van der Waals surface area contributed by atoms with Crippen LogP contribution in [0.5, 0.6) is 0 Å². The third-order valence-electron chi connectivity index (χ3n) is 3.86. The molecule has 82 valence electrons. The van der Waals surface area contributed by atoms with E-state index in [-0.39, 0.29) is 6.04 Å². The predicted octanol–water partition coefficient (Wildman–Crippen LogP) is 2.08. The molecule has 0 aromatic carbocycles. The van der Waals surface area contributed by atoms with E-state index in [0.29, 0.717) is 11.8 Å². The van der Waals surface area contributed by atoms with Crippen LogP contribution in [0.4, 0.5) is 0 Å². The summed E-state index contributed by atoms with van der Waals surface area (Å²) >= 11 is 0. The third kappa shape index (κ3) is 2.01. The van der Waals surface area contributed by atoms with Crippen molar-refractivity contribution in [2.45, 2.75) is 51.7 Å². The summed E-state index contributed by atoms with van der Waals surface area (Å²) in [5.41, 5.74) is 6.36. The van der Waals surface area contributed by atoms with Gasteiger partial charge in [0.1, 0.15) is 0 Å². The number of hydrogen-bond donors (Lipinski definition) is 2. The van der Waals surface area contributed by atoms with E-state index in [0.717, 1.165) is 19.3 Å². The van der Waals surface area contributed by atoms with Gasteiger partial charge in [0.15, 0.2) is 0 Å². The van der Waals surface area contributed by atoms with Gasteiger partial charge in [-0.1, -0.05) is 19.1 Å². The molecule has 0 spiro atoms. The van der Waals surface area contributed by atoms with Crippen LogP contribution in [0.15, 0.2) is 12.2 Å². The van der Waals surface area contributed by atoms with Crippen LogP contribution in [0.3, 0.4) is 0 Å². The van der Waals surface area contributed by atoms with Crippen molar-refractivity contribution < 1.29 is 5.11 Å². The number of hydrogen-bond acceptors (Lipinski definition) is 2. The minimum absolute atomic E-state index is 0.153. The molecule has 3 N–H and O–H groups in total. The molecular weight excluding hydrogens is 174 g/mol. The zero-order valence-corrected chi connectivity index (χ0v) is 9.59. The maximum atomic E-state index is 10.5. The Morgan fingerprint density at radius 2 is 2.14 bits per heavy atom. The molecule has 1 fully saturated rings. The number of allylic oxidation sites excluding steroid dienone is 1. The van der Waals surface area contributed by atoms with E-state index in [4.69, 9.17) is 5.73 Å². The first-order chi connectivity index (χ1) is 6.38. The van der Waals surface area contributed by atoms with Gasteiger partial charge in [-0.25, -0.2) is 0 Å². The summed E-state index contributed by atoms with van der Waals surface area (Å²) in [7, 11) is 0. The molecule has 0 amide bonds. The number of rotatable bonds is 2. The van der Waals surface area contributed by atoms with Gasteiger partial charge < -0.3 is 10.8 Å². The minimum atomic E-state index is -0.693. The highest BCUT2D eigenvalue weighted by Crippen LogP contribution is 2.40. The summed E-state index contributed by atoms with van der Waals surface area (Å²) in [5, 5.41) is 10.5. The second-order valence-corrected chi connectivity index (χ2v) is 5.01. The molecule has 0 heterocycles. The van der Waals surface area contributed by atoms with E-state index in [9.17, 15) is 5.11 Å². The Morgan fingerprint density at radius 3 is 2.57 bits per heavy atom. The number of aliphatic hydroxyl groups is 1. The summed E-state index contributed by atoms with van der Waals surface area (Å²) < 4.78 is 0. The molecule has 0 aromatic rings. The lowest BCUT2D eigenvalue weighted by Gasteiger charge is -2.44. The Labute approximate surface area is 87.2 Å². The molecule has 1 aliphatic carbocycles. The molecule has 0 bridgehead atoms. The van der Waals surface area contributed by atoms with Crippen molar-refractivity contribution in [3.8, 4) is 0 Å². The van der Waals surface area contributed by atoms with Crippen molar-refractivity contribution in [3.63, 3.8) is 0 Å². The van der Waals surface area contributed by atoms with Crippen LogP contribution in [0.1, 0.15) is 40.0 Å². The first-order valence-electron chi connectivity index (χ1n) is 5.51. The second kappa shape index (κ2) is 4.03. The van der Waals surface area contributed by atoms with Gasteiger partial charge in [0.2, 0.25) is 0 Å². The molecule has 0 saturated heterocycles. The molecule has 14 heavy (non-hydrogen) atoms. The second-order valence-electron chi connectivity index (χ2n) is 5.01. The Hall–Kier alpha value is -0.340. The third-order valence-corrected chi connectivity index (χ3v) is 3.86. The van der Waals surface area contributed by atoms with Gasteiger partial charge in [-0.2, -0.15) is 0 Å². The van der Waals surface area contributed by atoms with Gasteiger partial charge in [-0.05, 0) is 44.9 Å². The molecule has 4 atom stereocenters. The number of nitrogens with two attached hydrogens (primary N) is 1. The van der Waals surface area contributed by atoms with Crippen molar-refractivity contribution in [2.75, 3.05) is 0 Å². The smallest absolute Gasteiger partial charge is 0.0826 e. The molecule has 0 aromatic heterocycles. The van der Waals surface area contributed by atoms with E-state index < -0.39 is 5.60 Å². The SMILES string of the molecule is C=C(C)[C@@H]1CC[C@@H](C)[C@](O)([C@@H](C)N)C1. The first kappa shape index (κ1) is 11.7. The summed E-state index contributed by atoms with van der Waals surface area (Å²) in [4.78, 5) is 0. The molecule has 1 saturated carbocycles. The zero-order valence-electron chi connectivity index (χ0n) is 9.59. The molecule has 1 aliphatic rings. The molecule has 0 unspecified atom stereocenters. The predicted molar refractivity (Wildman–Crippen MR) is 59.9 cm³/mol. The van der Waals surface area contributed by atoms with Crippen LogP contribution in [0, 0.1) is 11.8 Å². The van der Waals surface area contributed by atoms with E-state index in [2.05, 4.69) is 13.5 Å². The van der Waals surface area contributed by atoms with Crippen LogP contribution in [-0.2, 0) is 0 Å². The molecular formula is C12H23NO. The fraction of sp³-hybridized carbons (Fsp3) is 0.833. The molecule has 1 rings (SSSR count). The molecule has 2 heteroatoms. The quantitative estimate of drug-likeness (QED) is 0.666. The summed E-state index contributed by atoms with van der Waals surface area (Å²) in [5.74, 6) is 0.750. The fourth-order valence-corrected chi connectivity index (χ4v) is 2.45. The summed E-state index contributed by atoms with van der Waals surface area (Å²) in [6.07, 6.45) is 2.97. The highest BCUT2D eigenvalue weighted by Gasteiger charge is 2.42. The van der Waals surface area contributed by atoms with Crippen LogP contribution < -0.4 is 5.73 Å². The van der Waals surface area contributed by atoms with Crippen molar-refractivity contribution in [3.05, 3.63) is 12.2 Å². The zero-order chi connectivity index (χ0) is 10.9. The van der Waals surface area contributed by atoms with E-state index >= 15 is 0 Å². The van der Waals surface area contributed by atoms with Gasteiger partial charge >= 0.3 is 0 Å². The lowest BCUT2D eigenvalue weighted by molar-refractivity contribution is -0.0693. The minimum Gasteiger partial charge on any atom is -0.388 e. The average molecular weight is 197 g/mol. The molecule has 2 nitrogen and oxygen atoms in total. The van der Waals surface area contributed by atoms with Crippen molar-refractivity contribution in [1.82, 2.24) is 0 Å². The largest absolute Gasteiger partial charge is 0.388 e. The lowest BCUT2D eigenvalue weighted by atomic mass is 9.67. The maximum Gasteiger partial charge on any atom is 0.0826 e. The van der Waals surface area contributed by atoms with Crippen LogP contribution >= 0.6 is 0 Å². The van der Waals surface area contributed by atoms with Gasteiger partial charge in [0.25, 0.3) is 0 Å². The first-order valence-corrected chi connectivity index (χ1v) is 5.51. The maximum absolute atomic E-state index is 10.5. The summed E-state index contributed by atoms with van der Waals surface area (Å²) in [6, 6.07) is -0.153. The standard InChI is InChI=1S/C12H23NO/c1-8(2)11-6-5-9(3)12(14,7-11)10(4)13/h9-11,14H,1,5-7,13H2,2-4H3/t9-,10-,11-,12+/m1/s1. The summed E-state index contributed by atoms with van der Waals surface area (Å²) in [6.45, 7) is 10.0. The molecule has 0 radical (unpaired) electrons. The lowest BCUT2D eigenvalue weighted by Crippen LogP contribution is -2.54. The monoisotopic (exact) mass is 197 g/mol. The highest BCUT2D eigenvalue weighted by atomic mass is 16.3. The van der Waals surface area contributed by atoms with Crippen molar-refractivity contribution in [2.24, 2.45) is 17.6 Å². The van der Waals surface area contributed by atoms with E-state index in [1.54, 1.807) is 0 Å². The van der Waals surface area contributed by atoms with Gasteiger partial charge in [-0.3, -0.25) is 0 Å². The highest BCUT2D eigenvalue weighted by molar-refractivity contribution is 5.06. The Balaban J connectivity index is 2.78. The Morgan fingerprint density at radius 1 is 1.57 bits per heavy atom. The van der Waals surface area contributed by atoms with Crippen LogP contribution in [0.2, 0.25) is 0 Å². The van der Waals surface area contributed by atoms with Crippen LogP contribution in [-0.4, -0.2) is 16.7 Å². The Kier molecular flexibility index (Phi) is 3.38. The topological polar surface area (TPSA) is 46.2 Å². The van der Waals surface area contributed by atoms with Gasteiger partial charge in [0, 0.05) is 6.04 Å². The van der Waals surface area contributed by atoms with E-state index in [1.165, 1.54) is 5.57 Å². The fourth-order valence-electron chi connectivity index (χ4n) is 2.45. The van der Waals surface area contributed by atoms with Gasteiger partial charge in [-0.15, -0.1) is 0 Å².